The molecule has 0 bridgehead atoms. The van der Waals surface area contributed by atoms with Gasteiger partial charge in [-0.1, -0.05) is 43.3 Å². The normalized spacial score (nSPS) is 25.9. The Labute approximate surface area is 200 Å². The number of piperidine rings is 2. The van der Waals surface area contributed by atoms with Crippen LogP contribution >= 0.6 is 0 Å². The van der Waals surface area contributed by atoms with E-state index in [2.05, 4.69) is 34.3 Å². The van der Waals surface area contributed by atoms with Gasteiger partial charge in [0.1, 0.15) is 0 Å². The van der Waals surface area contributed by atoms with Crippen LogP contribution in [0.2, 0.25) is 0 Å². The number of carbonyl (C=O) groups is 2. The highest BCUT2D eigenvalue weighted by Crippen LogP contribution is 2.40. The van der Waals surface area contributed by atoms with E-state index in [1.54, 1.807) is 6.20 Å². The fourth-order valence-electron chi connectivity index (χ4n) is 5.51. The number of nitrogens with one attached hydrogen (secondary N) is 1. The van der Waals surface area contributed by atoms with Crippen LogP contribution in [-0.4, -0.2) is 46.4 Å². The number of aromatic nitrogens is 1. The molecule has 3 unspecified atom stereocenters. The highest BCUT2D eigenvalue weighted by atomic mass is 16.3. The van der Waals surface area contributed by atoms with Crippen molar-refractivity contribution < 1.29 is 14.7 Å². The summed E-state index contributed by atoms with van der Waals surface area (Å²) in [6.45, 7) is 4.83. The van der Waals surface area contributed by atoms with Gasteiger partial charge < -0.3 is 10.0 Å². The van der Waals surface area contributed by atoms with E-state index in [-0.39, 0.29) is 23.7 Å². The number of benzene rings is 2. The van der Waals surface area contributed by atoms with Crippen molar-refractivity contribution in [1.29, 1.82) is 0 Å². The van der Waals surface area contributed by atoms with Gasteiger partial charge in [-0.3, -0.25) is 19.9 Å². The van der Waals surface area contributed by atoms with Gasteiger partial charge in [0.05, 0.1) is 17.0 Å². The summed E-state index contributed by atoms with van der Waals surface area (Å²) >= 11 is 0. The molecule has 6 heteroatoms. The van der Waals surface area contributed by atoms with Crippen LogP contribution in [-0.2, 0) is 21.6 Å². The van der Waals surface area contributed by atoms with Gasteiger partial charge in [0.15, 0.2) is 0 Å². The summed E-state index contributed by atoms with van der Waals surface area (Å²) in [6, 6.07) is 18.4. The number of aliphatic hydroxyl groups is 1. The number of pyridine rings is 1. The van der Waals surface area contributed by atoms with Gasteiger partial charge in [-0.25, -0.2) is 0 Å². The standard InChI is InChI=1S/C28H31N3O3/c1-2-31-13-12-28(34,23(18-31)14-19-6-4-3-5-7-19)22-8-10-25-20(16-22)15-21(17-29-25)24-9-11-26(32)30-27(24)33/h3-8,10,15-17,23-24,34H,2,9,11-14,18H2,1H3,(H,30,32,33). The van der Waals surface area contributed by atoms with Crippen molar-refractivity contribution in [3.8, 4) is 0 Å². The predicted octanol–water partition coefficient (Wildman–Crippen LogP) is 3.53. The number of likely N-dealkylation sites (tertiary alicyclic amines) is 1. The summed E-state index contributed by atoms with van der Waals surface area (Å²) in [4.78, 5) is 30.9. The van der Waals surface area contributed by atoms with Gasteiger partial charge in [0.25, 0.3) is 0 Å². The summed E-state index contributed by atoms with van der Waals surface area (Å²) in [6.07, 6.45) is 4.04. The van der Waals surface area contributed by atoms with Crippen molar-refractivity contribution in [3.63, 3.8) is 0 Å². The van der Waals surface area contributed by atoms with E-state index in [9.17, 15) is 14.7 Å². The van der Waals surface area contributed by atoms with E-state index < -0.39 is 5.60 Å². The van der Waals surface area contributed by atoms with Crippen molar-refractivity contribution in [2.75, 3.05) is 19.6 Å². The second kappa shape index (κ2) is 9.28. The number of hydrogen-bond acceptors (Lipinski definition) is 5. The third-order valence-electron chi connectivity index (χ3n) is 7.58. The lowest BCUT2D eigenvalue weighted by Crippen LogP contribution is -2.50. The second-order valence-electron chi connectivity index (χ2n) is 9.63. The van der Waals surface area contributed by atoms with E-state index >= 15 is 0 Å². The molecule has 0 radical (unpaired) electrons. The van der Waals surface area contributed by atoms with Gasteiger partial charge in [-0.05, 0) is 60.7 Å². The number of imide groups is 1. The maximum absolute atomic E-state index is 12.4. The summed E-state index contributed by atoms with van der Waals surface area (Å²) in [5.41, 5.74) is 2.82. The molecule has 1 aromatic heterocycles. The van der Waals surface area contributed by atoms with Crippen molar-refractivity contribution in [1.82, 2.24) is 15.2 Å². The summed E-state index contributed by atoms with van der Waals surface area (Å²) in [7, 11) is 0. The lowest BCUT2D eigenvalue weighted by Gasteiger charge is -2.45. The Morgan fingerprint density at radius 2 is 1.97 bits per heavy atom. The number of hydrogen-bond donors (Lipinski definition) is 2. The SMILES string of the molecule is CCN1CCC(O)(c2ccc3ncc(C4CCC(=O)NC4=O)cc3c2)C(Cc2ccccc2)C1. The molecule has 0 spiro atoms. The lowest BCUT2D eigenvalue weighted by atomic mass is 9.73. The zero-order valence-electron chi connectivity index (χ0n) is 19.5. The monoisotopic (exact) mass is 457 g/mol. The Hall–Kier alpha value is -3.09. The Bertz CT molecular complexity index is 1210. The molecule has 3 heterocycles. The van der Waals surface area contributed by atoms with E-state index in [0.717, 1.165) is 48.1 Å². The summed E-state index contributed by atoms with van der Waals surface area (Å²) in [5.74, 6) is -0.795. The predicted molar refractivity (Wildman–Crippen MR) is 131 cm³/mol. The largest absolute Gasteiger partial charge is 0.385 e. The minimum Gasteiger partial charge on any atom is -0.385 e. The average molecular weight is 458 g/mol. The lowest BCUT2D eigenvalue weighted by molar-refractivity contribution is -0.134. The molecule has 34 heavy (non-hydrogen) atoms. The Kier molecular flexibility index (Phi) is 6.19. The molecule has 2 saturated heterocycles. The highest BCUT2D eigenvalue weighted by molar-refractivity contribution is 6.01. The van der Waals surface area contributed by atoms with Crippen LogP contribution in [0.4, 0.5) is 0 Å². The number of amides is 2. The smallest absolute Gasteiger partial charge is 0.234 e. The van der Waals surface area contributed by atoms with Crippen LogP contribution in [0, 0.1) is 5.92 Å². The Balaban J connectivity index is 1.49. The molecule has 2 aromatic carbocycles. The zero-order chi connectivity index (χ0) is 23.7. The molecule has 0 aliphatic carbocycles. The van der Waals surface area contributed by atoms with Crippen molar-refractivity contribution in [2.45, 2.75) is 44.1 Å². The minimum atomic E-state index is -0.944. The van der Waals surface area contributed by atoms with Crippen LogP contribution < -0.4 is 5.32 Å². The molecule has 2 aliphatic heterocycles. The first-order valence-corrected chi connectivity index (χ1v) is 12.2. The third kappa shape index (κ3) is 4.36. The van der Waals surface area contributed by atoms with Gasteiger partial charge in [0.2, 0.25) is 11.8 Å². The number of fused-ring (bicyclic) bond motifs is 1. The molecule has 2 N–H and O–H groups in total. The summed E-state index contributed by atoms with van der Waals surface area (Å²) in [5, 5.41) is 15.4. The fourth-order valence-corrected chi connectivity index (χ4v) is 5.51. The van der Waals surface area contributed by atoms with Crippen molar-refractivity contribution in [3.05, 3.63) is 77.5 Å². The number of carbonyl (C=O) groups excluding carboxylic acids is 2. The Morgan fingerprint density at radius 3 is 2.74 bits per heavy atom. The fraction of sp³-hybridized carbons (Fsp3) is 0.393. The van der Waals surface area contributed by atoms with Gasteiger partial charge in [-0.2, -0.15) is 0 Å². The molecule has 5 rings (SSSR count). The van der Waals surface area contributed by atoms with Gasteiger partial charge in [0, 0.05) is 37.0 Å². The maximum Gasteiger partial charge on any atom is 0.234 e. The van der Waals surface area contributed by atoms with E-state index in [1.807, 2.05) is 42.5 Å². The molecular formula is C28H31N3O3. The molecular weight excluding hydrogens is 426 g/mol. The number of rotatable bonds is 5. The van der Waals surface area contributed by atoms with Crippen molar-refractivity contribution >= 4 is 22.7 Å². The van der Waals surface area contributed by atoms with Crippen LogP contribution in [0.5, 0.6) is 0 Å². The first-order valence-electron chi connectivity index (χ1n) is 12.2. The van der Waals surface area contributed by atoms with E-state index in [1.165, 1.54) is 5.56 Å². The average Bonchev–Trinajstić information content (AvgIpc) is 2.85. The first kappa shape index (κ1) is 22.7. The van der Waals surface area contributed by atoms with E-state index in [0.29, 0.717) is 19.3 Å². The molecule has 0 saturated carbocycles. The molecule has 2 amide bonds. The van der Waals surface area contributed by atoms with Crippen LogP contribution in [0.3, 0.4) is 0 Å². The maximum atomic E-state index is 12.4. The zero-order valence-corrected chi connectivity index (χ0v) is 19.5. The highest BCUT2D eigenvalue weighted by Gasteiger charge is 2.42. The molecule has 2 aliphatic rings. The van der Waals surface area contributed by atoms with E-state index in [4.69, 9.17) is 0 Å². The summed E-state index contributed by atoms with van der Waals surface area (Å²) < 4.78 is 0. The van der Waals surface area contributed by atoms with Crippen LogP contribution in [0.25, 0.3) is 10.9 Å². The minimum absolute atomic E-state index is 0.0623. The quantitative estimate of drug-likeness (QED) is 0.573. The van der Waals surface area contributed by atoms with Crippen molar-refractivity contribution in [2.24, 2.45) is 5.92 Å². The van der Waals surface area contributed by atoms with Crippen LogP contribution in [0.1, 0.15) is 48.8 Å². The first-order chi connectivity index (χ1) is 16.5. The number of nitrogens with zero attached hydrogens (tertiary/aromatic N) is 2. The molecule has 2 fully saturated rings. The van der Waals surface area contributed by atoms with Crippen LogP contribution in [0.15, 0.2) is 60.8 Å². The van der Waals surface area contributed by atoms with Gasteiger partial charge in [-0.15, -0.1) is 0 Å². The molecule has 176 valence electrons. The molecule has 3 atom stereocenters. The molecule has 3 aromatic rings. The van der Waals surface area contributed by atoms with Gasteiger partial charge >= 0.3 is 0 Å². The Morgan fingerprint density at radius 1 is 1.15 bits per heavy atom. The topological polar surface area (TPSA) is 82.5 Å². The third-order valence-corrected chi connectivity index (χ3v) is 7.58. The molecule has 6 nitrogen and oxygen atoms in total. The second-order valence-corrected chi connectivity index (χ2v) is 9.63.